The predicted molar refractivity (Wildman–Crippen MR) is 91.6 cm³/mol. The lowest BCUT2D eigenvalue weighted by Gasteiger charge is -2.35. The van der Waals surface area contributed by atoms with E-state index >= 15 is 0 Å². The summed E-state index contributed by atoms with van der Waals surface area (Å²) in [5, 5.41) is 6.65. The molecule has 5 atom stereocenters. The normalized spacial score (nSPS) is 27.9. The van der Waals surface area contributed by atoms with Crippen molar-refractivity contribution >= 4 is 5.91 Å². The number of rotatable bonds is 5. The smallest absolute Gasteiger partial charge is 0.237 e. The van der Waals surface area contributed by atoms with Gasteiger partial charge in [0.05, 0.1) is 6.04 Å². The molecule has 2 N–H and O–H groups in total. The van der Waals surface area contributed by atoms with E-state index < -0.39 is 0 Å². The molecule has 3 nitrogen and oxygen atoms in total. The fourth-order valence-corrected chi connectivity index (χ4v) is 3.38. The van der Waals surface area contributed by atoms with Crippen LogP contribution < -0.4 is 10.6 Å². The third kappa shape index (κ3) is 4.33. The molecule has 0 aromatic heterocycles. The molecular formula is C19H30N2O. The van der Waals surface area contributed by atoms with Gasteiger partial charge in [0, 0.05) is 12.1 Å². The zero-order valence-corrected chi connectivity index (χ0v) is 14.3. The van der Waals surface area contributed by atoms with Gasteiger partial charge in [-0.15, -0.1) is 0 Å². The third-order valence-electron chi connectivity index (χ3n) is 5.23. The van der Waals surface area contributed by atoms with Crippen molar-refractivity contribution < 1.29 is 4.79 Å². The van der Waals surface area contributed by atoms with Gasteiger partial charge >= 0.3 is 0 Å². The van der Waals surface area contributed by atoms with Crippen LogP contribution in [0.1, 0.15) is 58.6 Å². The van der Waals surface area contributed by atoms with Gasteiger partial charge in [0.25, 0.3) is 0 Å². The maximum Gasteiger partial charge on any atom is 0.237 e. The van der Waals surface area contributed by atoms with Crippen LogP contribution >= 0.6 is 0 Å². The first-order valence-corrected chi connectivity index (χ1v) is 8.60. The molecule has 1 saturated carbocycles. The van der Waals surface area contributed by atoms with Gasteiger partial charge in [0.2, 0.25) is 5.91 Å². The van der Waals surface area contributed by atoms with Gasteiger partial charge in [0.1, 0.15) is 0 Å². The summed E-state index contributed by atoms with van der Waals surface area (Å²) in [4.78, 5) is 12.5. The Balaban J connectivity index is 1.87. The summed E-state index contributed by atoms with van der Waals surface area (Å²) in [7, 11) is 0. The number of amides is 1. The lowest BCUT2D eigenvalue weighted by atomic mass is 9.78. The van der Waals surface area contributed by atoms with Gasteiger partial charge in [-0.3, -0.25) is 10.1 Å². The van der Waals surface area contributed by atoms with Crippen LogP contribution in [0.5, 0.6) is 0 Å². The molecule has 1 aliphatic rings. The van der Waals surface area contributed by atoms with Crippen molar-refractivity contribution in [3.8, 4) is 0 Å². The average Bonchev–Trinajstić information content (AvgIpc) is 2.52. The van der Waals surface area contributed by atoms with Crippen molar-refractivity contribution in [2.24, 2.45) is 11.8 Å². The molecular weight excluding hydrogens is 272 g/mol. The van der Waals surface area contributed by atoms with E-state index in [4.69, 9.17) is 0 Å². The molecule has 122 valence electrons. The van der Waals surface area contributed by atoms with E-state index in [0.717, 1.165) is 6.42 Å². The largest absolute Gasteiger partial charge is 0.352 e. The van der Waals surface area contributed by atoms with Gasteiger partial charge in [-0.25, -0.2) is 0 Å². The highest BCUT2D eigenvalue weighted by Crippen LogP contribution is 2.29. The standard InChI is InChI=1S/C19H30N2O/c1-13-9-8-12-18(14(13)2)21-19(22)16(4)20-15(3)17-10-6-5-7-11-17/h5-7,10-11,13-16,18,20H,8-9,12H2,1-4H3,(H,21,22). The number of hydrogen-bond acceptors (Lipinski definition) is 2. The van der Waals surface area contributed by atoms with Crippen molar-refractivity contribution in [2.75, 3.05) is 0 Å². The summed E-state index contributed by atoms with van der Waals surface area (Å²) in [6, 6.07) is 10.6. The van der Waals surface area contributed by atoms with Crippen molar-refractivity contribution in [1.29, 1.82) is 0 Å². The molecule has 22 heavy (non-hydrogen) atoms. The Morgan fingerprint density at radius 2 is 1.82 bits per heavy atom. The fourth-order valence-electron chi connectivity index (χ4n) is 3.38. The van der Waals surface area contributed by atoms with Gasteiger partial charge < -0.3 is 5.32 Å². The van der Waals surface area contributed by atoms with Crippen LogP contribution in [0.3, 0.4) is 0 Å². The Morgan fingerprint density at radius 1 is 1.14 bits per heavy atom. The molecule has 0 radical (unpaired) electrons. The molecule has 5 unspecified atom stereocenters. The van der Waals surface area contributed by atoms with E-state index in [0.29, 0.717) is 17.9 Å². The molecule has 1 aromatic rings. The maximum atomic E-state index is 12.5. The second-order valence-corrected chi connectivity index (χ2v) is 6.90. The minimum absolute atomic E-state index is 0.119. The Bertz CT molecular complexity index is 474. The molecule has 0 heterocycles. The molecule has 2 rings (SSSR count). The molecule has 1 amide bonds. The summed E-state index contributed by atoms with van der Waals surface area (Å²) in [5.74, 6) is 1.38. The average molecular weight is 302 g/mol. The van der Waals surface area contributed by atoms with E-state index in [1.807, 2.05) is 25.1 Å². The minimum atomic E-state index is -0.181. The highest BCUT2D eigenvalue weighted by Gasteiger charge is 2.29. The third-order valence-corrected chi connectivity index (χ3v) is 5.23. The first kappa shape index (κ1) is 17.0. The SMILES string of the molecule is CC(NC(C)c1ccccc1)C(=O)NC1CCCC(C)C1C. The Kier molecular flexibility index (Phi) is 6.01. The van der Waals surface area contributed by atoms with Crippen molar-refractivity contribution in [3.05, 3.63) is 35.9 Å². The Hall–Kier alpha value is -1.35. The summed E-state index contributed by atoms with van der Waals surface area (Å²) in [6.07, 6.45) is 3.61. The molecule has 1 fully saturated rings. The number of carbonyl (C=O) groups excluding carboxylic acids is 1. The number of hydrogen-bond donors (Lipinski definition) is 2. The van der Waals surface area contributed by atoms with Crippen molar-refractivity contribution in [3.63, 3.8) is 0 Å². The van der Waals surface area contributed by atoms with E-state index in [1.165, 1.54) is 18.4 Å². The van der Waals surface area contributed by atoms with Crippen LogP contribution in [0.25, 0.3) is 0 Å². The van der Waals surface area contributed by atoms with Crippen LogP contribution in [0.2, 0.25) is 0 Å². The van der Waals surface area contributed by atoms with E-state index in [9.17, 15) is 4.79 Å². The monoisotopic (exact) mass is 302 g/mol. The summed E-state index contributed by atoms with van der Waals surface area (Å²) < 4.78 is 0. The second kappa shape index (κ2) is 7.77. The molecule has 1 aliphatic carbocycles. The molecule has 0 aliphatic heterocycles. The van der Waals surface area contributed by atoms with E-state index in [1.54, 1.807) is 0 Å². The van der Waals surface area contributed by atoms with Crippen molar-refractivity contribution in [2.45, 2.75) is 65.1 Å². The summed E-state index contributed by atoms with van der Waals surface area (Å²) >= 11 is 0. The number of carbonyl (C=O) groups is 1. The maximum absolute atomic E-state index is 12.5. The quantitative estimate of drug-likeness (QED) is 0.871. The van der Waals surface area contributed by atoms with Crippen LogP contribution in [0.4, 0.5) is 0 Å². The second-order valence-electron chi connectivity index (χ2n) is 6.90. The molecule has 1 aromatic carbocycles. The van der Waals surface area contributed by atoms with Gasteiger partial charge in [-0.05, 0) is 37.7 Å². The lowest BCUT2D eigenvalue weighted by molar-refractivity contribution is -0.124. The highest BCUT2D eigenvalue weighted by atomic mass is 16.2. The van der Waals surface area contributed by atoms with Gasteiger partial charge in [0.15, 0.2) is 0 Å². The summed E-state index contributed by atoms with van der Waals surface area (Å²) in [6.45, 7) is 8.61. The number of benzene rings is 1. The Labute approximate surface area is 134 Å². The fraction of sp³-hybridized carbons (Fsp3) is 0.632. The molecule has 3 heteroatoms. The number of nitrogens with one attached hydrogen (secondary N) is 2. The Morgan fingerprint density at radius 3 is 2.50 bits per heavy atom. The first-order valence-electron chi connectivity index (χ1n) is 8.60. The zero-order valence-electron chi connectivity index (χ0n) is 14.3. The topological polar surface area (TPSA) is 41.1 Å². The minimum Gasteiger partial charge on any atom is -0.352 e. The molecule has 0 saturated heterocycles. The van der Waals surface area contributed by atoms with Crippen molar-refractivity contribution in [1.82, 2.24) is 10.6 Å². The van der Waals surface area contributed by atoms with Crippen LogP contribution in [0.15, 0.2) is 30.3 Å². The predicted octanol–water partition coefficient (Wildman–Crippen LogP) is 3.67. The summed E-state index contributed by atoms with van der Waals surface area (Å²) in [5.41, 5.74) is 1.21. The van der Waals surface area contributed by atoms with Gasteiger partial charge in [-0.2, -0.15) is 0 Å². The van der Waals surface area contributed by atoms with E-state index in [-0.39, 0.29) is 18.0 Å². The van der Waals surface area contributed by atoms with Crippen LogP contribution in [0, 0.1) is 11.8 Å². The van der Waals surface area contributed by atoms with Crippen LogP contribution in [-0.2, 0) is 4.79 Å². The van der Waals surface area contributed by atoms with Gasteiger partial charge in [-0.1, -0.05) is 57.0 Å². The molecule has 0 spiro atoms. The lowest BCUT2D eigenvalue weighted by Crippen LogP contribution is -2.50. The van der Waals surface area contributed by atoms with Crippen LogP contribution in [-0.4, -0.2) is 18.0 Å². The van der Waals surface area contributed by atoms with E-state index in [2.05, 4.69) is 43.5 Å². The first-order chi connectivity index (χ1) is 10.5. The zero-order chi connectivity index (χ0) is 16.1. The highest BCUT2D eigenvalue weighted by molar-refractivity contribution is 5.81. The molecule has 0 bridgehead atoms.